The van der Waals surface area contributed by atoms with Crippen LogP contribution in [-0.2, 0) is 4.79 Å². The number of hydrogen-bond donors (Lipinski definition) is 1. The zero-order chi connectivity index (χ0) is 17.8. The van der Waals surface area contributed by atoms with Gasteiger partial charge in [0.25, 0.3) is 0 Å². The maximum atomic E-state index is 11.8. The molecule has 0 spiro atoms. The number of primary amides is 1. The molecule has 134 valence electrons. The lowest BCUT2D eigenvalue weighted by Crippen LogP contribution is -2.18. The summed E-state index contributed by atoms with van der Waals surface area (Å²) in [5.74, 6) is 0.556. The third kappa shape index (κ3) is 10.2. The molecule has 2 fully saturated rings. The van der Waals surface area contributed by atoms with Crippen LogP contribution >= 0.6 is 0 Å². The van der Waals surface area contributed by atoms with Crippen LogP contribution in [0, 0.1) is 16.7 Å². The van der Waals surface area contributed by atoms with Gasteiger partial charge in [0.1, 0.15) is 0 Å². The van der Waals surface area contributed by atoms with Crippen molar-refractivity contribution in [2.45, 2.75) is 93.4 Å². The van der Waals surface area contributed by atoms with Crippen molar-refractivity contribution in [3.05, 3.63) is 0 Å². The Kier molecular flexibility index (Phi) is 12.8. The van der Waals surface area contributed by atoms with E-state index < -0.39 is 0 Å². The Labute approximate surface area is 138 Å². The van der Waals surface area contributed by atoms with Crippen molar-refractivity contribution in [2.24, 2.45) is 22.5 Å². The van der Waals surface area contributed by atoms with Gasteiger partial charge < -0.3 is 5.73 Å². The maximum absolute atomic E-state index is 11.8. The molecule has 0 atom stereocenters. The molecule has 0 heterocycles. The summed E-state index contributed by atoms with van der Waals surface area (Å²) >= 11 is 0. The van der Waals surface area contributed by atoms with Gasteiger partial charge in [0.2, 0.25) is 5.91 Å². The number of alkyl halides is 1. The molecule has 0 aromatic rings. The Morgan fingerprint density at radius 3 is 1.59 bits per heavy atom. The van der Waals surface area contributed by atoms with Crippen LogP contribution in [0.3, 0.4) is 0 Å². The van der Waals surface area contributed by atoms with Crippen molar-refractivity contribution in [1.82, 2.24) is 0 Å². The van der Waals surface area contributed by atoms with E-state index in [-0.39, 0.29) is 18.0 Å². The molecule has 0 saturated heterocycles. The Morgan fingerprint density at radius 2 is 1.45 bits per heavy atom. The fraction of sp³-hybridized carbons (Fsp3) is 0.947. The van der Waals surface area contributed by atoms with Crippen molar-refractivity contribution in [1.29, 1.82) is 0 Å². The standard InChI is InChI=1S/C9H17NO.C6H11F.2C2H6/c1-7(2)5-9(3-4-9)6-8(10)11;1-2-6(5-7)3-4-6;2*1-2/h7H,3-6H2,1-2H3,(H2,10,11);2-5H2,1H3;2*1-2H3. The number of nitrogens with two attached hydrogens (primary N) is 1. The number of halogens is 1. The quantitative estimate of drug-likeness (QED) is 0.652. The molecule has 3 heteroatoms. The van der Waals surface area contributed by atoms with E-state index in [1.54, 1.807) is 0 Å². The molecule has 0 unspecified atom stereocenters. The highest BCUT2D eigenvalue weighted by molar-refractivity contribution is 5.75. The molecule has 2 saturated carbocycles. The molecule has 0 bridgehead atoms. The minimum absolute atomic E-state index is 0.0938. The number of rotatable bonds is 6. The molecule has 2 aliphatic rings. The van der Waals surface area contributed by atoms with E-state index in [0.29, 0.717) is 17.8 Å². The molecule has 0 aromatic carbocycles. The molecule has 0 radical (unpaired) electrons. The third-order valence-electron chi connectivity index (χ3n) is 4.34. The van der Waals surface area contributed by atoms with Gasteiger partial charge in [-0.05, 0) is 55.3 Å². The van der Waals surface area contributed by atoms with E-state index in [1.807, 2.05) is 27.7 Å². The van der Waals surface area contributed by atoms with Gasteiger partial charge in [-0.15, -0.1) is 0 Å². The maximum Gasteiger partial charge on any atom is 0.217 e. The third-order valence-corrected chi connectivity index (χ3v) is 4.34. The SMILES string of the molecule is CC.CC.CC(C)CC1(CC(N)=O)CC1.CCC1(CF)CC1. The predicted octanol–water partition coefficient (Wildman–Crippen LogP) is 5.89. The van der Waals surface area contributed by atoms with Crippen LogP contribution in [0.25, 0.3) is 0 Å². The summed E-state index contributed by atoms with van der Waals surface area (Å²) in [4.78, 5) is 10.7. The lowest BCUT2D eigenvalue weighted by Gasteiger charge is -2.14. The fourth-order valence-electron chi connectivity index (χ4n) is 2.62. The number of carbonyl (C=O) groups excluding carboxylic acids is 1. The van der Waals surface area contributed by atoms with Gasteiger partial charge in [-0.3, -0.25) is 9.18 Å². The molecule has 2 N–H and O–H groups in total. The first-order valence-corrected chi connectivity index (χ1v) is 9.21. The topological polar surface area (TPSA) is 43.1 Å². The largest absolute Gasteiger partial charge is 0.370 e. The summed E-state index contributed by atoms with van der Waals surface area (Å²) in [5, 5.41) is 0. The van der Waals surface area contributed by atoms with Crippen molar-refractivity contribution in [3.8, 4) is 0 Å². The summed E-state index contributed by atoms with van der Waals surface area (Å²) in [6.07, 6.45) is 7.45. The molecular formula is C19H40FNO. The molecule has 2 rings (SSSR count). The highest BCUT2D eigenvalue weighted by atomic mass is 19.1. The summed E-state index contributed by atoms with van der Waals surface area (Å²) < 4.78 is 11.8. The summed E-state index contributed by atoms with van der Waals surface area (Å²) in [6, 6.07) is 0. The highest BCUT2D eigenvalue weighted by Crippen LogP contribution is 2.53. The molecule has 0 aromatic heterocycles. The van der Waals surface area contributed by atoms with Crippen molar-refractivity contribution >= 4 is 5.91 Å². The van der Waals surface area contributed by atoms with E-state index in [0.717, 1.165) is 25.7 Å². The van der Waals surface area contributed by atoms with Gasteiger partial charge in [0.05, 0.1) is 6.67 Å². The van der Waals surface area contributed by atoms with E-state index >= 15 is 0 Å². The smallest absolute Gasteiger partial charge is 0.217 e. The van der Waals surface area contributed by atoms with Gasteiger partial charge in [-0.25, -0.2) is 0 Å². The number of carbonyl (C=O) groups is 1. The van der Waals surface area contributed by atoms with Gasteiger partial charge >= 0.3 is 0 Å². The Morgan fingerprint density at radius 1 is 1.05 bits per heavy atom. The summed E-state index contributed by atoms with van der Waals surface area (Å²) in [7, 11) is 0. The van der Waals surface area contributed by atoms with Crippen LogP contribution in [0.1, 0.15) is 93.4 Å². The van der Waals surface area contributed by atoms with Gasteiger partial charge in [0.15, 0.2) is 0 Å². The molecule has 2 aliphatic carbocycles. The van der Waals surface area contributed by atoms with Gasteiger partial charge in [0, 0.05) is 6.42 Å². The normalized spacial score (nSPS) is 18.6. The van der Waals surface area contributed by atoms with Crippen LogP contribution in [0.4, 0.5) is 4.39 Å². The highest BCUT2D eigenvalue weighted by Gasteiger charge is 2.43. The Bertz CT molecular complexity index is 275. The van der Waals surface area contributed by atoms with Crippen LogP contribution in [0.15, 0.2) is 0 Å². The van der Waals surface area contributed by atoms with Crippen LogP contribution < -0.4 is 5.73 Å². The van der Waals surface area contributed by atoms with Gasteiger partial charge in [-0.2, -0.15) is 0 Å². The first-order valence-electron chi connectivity index (χ1n) is 9.21. The molecule has 22 heavy (non-hydrogen) atoms. The van der Waals surface area contributed by atoms with Crippen molar-refractivity contribution < 1.29 is 9.18 Å². The lowest BCUT2D eigenvalue weighted by molar-refractivity contribution is -0.119. The fourth-order valence-corrected chi connectivity index (χ4v) is 2.62. The first-order chi connectivity index (χ1) is 10.4. The van der Waals surface area contributed by atoms with Gasteiger partial charge in [-0.1, -0.05) is 48.5 Å². The molecular weight excluding hydrogens is 277 g/mol. The predicted molar refractivity (Wildman–Crippen MR) is 95.6 cm³/mol. The second-order valence-electron chi connectivity index (χ2n) is 6.73. The van der Waals surface area contributed by atoms with Crippen LogP contribution in [-0.4, -0.2) is 12.6 Å². The lowest BCUT2D eigenvalue weighted by atomic mass is 9.91. The minimum Gasteiger partial charge on any atom is -0.370 e. The molecule has 1 amide bonds. The second kappa shape index (κ2) is 11.9. The zero-order valence-corrected chi connectivity index (χ0v) is 16.1. The Balaban J connectivity index is 0. The van der Waals surface area contributed by atoms with E-state index in [1.165, 1.54) is 12.8 Å². The molecule has 2 nitrogen and oxygen atoms in total. The zero-order valence-electron chi connectivity index (χ0n) is 16.1. The summed E-state index contributed by atoms with van der Waals surface area (Å²) in [5.41, 5.74) is 5.64. The van der Waals surface area contributed by atoms with E-state index in [2.05, 4.69) is 20.8 Å². The Hall–Kier alpha value is -0.600. The second-order valence-corrected chi connectivity index (χ2v) is 6.73. The number of amides is 1. The summed E-state index contributed by atoms with van der Waals surface area (Å²) in [6.45, 7) is 14.4. The van der Waals surface area contributed by atoms with E-state index in [4.69, 9.17) is 5.73 Å². The monoisotopic (exact) mass is 317 g/mol. The van der Waals surface area contributed by atoms with Crippen LogP contribution in [0.5, 0.6) is 0 Å². The average Bonchev–Trinajstić information content (AvgIpc) is 3.40. The molecule has 0 aliphatic heterocycles. The van der Waals surface area contributed by atoms with E-state index in [9.17, 15) is 9.18 Å². The number of hydrogen-bond acceptors (Lipinski definition) is 1. The first kappa shape index (κ1) is 23.7. The van der Waals surface area contributed by atoms with Crippen molar-refractivity contribution in [2.75, 3.05) is 6.67 Å². The minimum atomic E-state index is -0.136. The average molecular weight is 318 g/mol. The van der Waals surface area contributed by atoms with Crippen LogP contribution in [0.2, 0.25) is 0 Å². The van der Waals surface area contributed by atoms with Crippen molar-refractivity contribution in [3.63, 3.8) is 0 Å².